The Bertz CT molecular complexity index is 1830. The predicted octanol–water partition coefficient (Wildman–Crippen LogP) is 9.52. The molecule has 0 saturated heterocycles. The highest BCUT2D eigenvalue weighted by Crippen LogP contribution is 2.48. The predicted molar refractivity (Wildman–Crippen MR) is 210 cm³/mol. The van der Waals surface area contributed by atoms with Crippen LogP contribution in [0.5, 0.6) is 0 Å². The van der Waals surface area contributed by atoms with Crippen molar-refractivity contribution in [2.75, 3.05) is 27.8 Å². The van der Waals surface area contributed by atoms with E-state index in [4.69, 9.17) is 9.97 Å². The first-order valence-electron chi connectivity index (χ1n) is 17.9. The van der Waals surface area contributed by atoms with E-state index in [1.807, 2.05) is 48.5 Å². The fraction of sp³-hybridized carbons (Fsp3) is 0.256. The number of hydrogen-bond donors (Lipinski definition) is 4. The van der Waals surface area contributed by atoms with Gasteiger partial charge in [-0.2, -0.15) is 9.97 Å². The molecule has 8 heteroatoms. The van der Waals surface area contributed by atoms with Gasteiger partial charge in [0, 0.05) is 44.4 Å². The average Bonchev–Trinajstić information content (AvgIpc) is 3.16. The van der Waals surface area contributed by atoms with E-state index in [1.165, 1.54) is 35.1 Å². The summed E-state index contributed by atoms with van der Waals surface area (Å²) in [5.74, 6) is 4.61. The van der Waals surface area contributed by atoms with Crippen molar-refractivity contribution in [3.8, 4) is 0 Å². The molecule has 0 aliphatic heterocycles. The van der Waals surface area contributed by atoms with Gasteiger partial charge in [-0.15, -0.1) is 0 Å². The molecule has 7 rings (SSSR count). The monoisotopic (exact) mass is 676 g/mol. The molecule has 260 valence electrons. The third-order valence-electron chi connectivity index (χ3n) is 8.88. The number of nitrogens with zero attached hydrogens (tertiary/aromatic N) is 4. The summed E-state index contributed by atoms with van der Waals surface area (Å²) in [7, 11) is 0. The van der Waals surface area contributed by atoms with Crippen LogP contribution in [0.1, 0.15) is 66.5 Å². The van der Waals surface area contributed by atoms with Crippen molar-refractivity contribution in [2.24, 2.45) is 5.92 Å². The van der Waals surface area contributed by atoms with Gasteiger partial charge in [-0.1, -0.05) is 135 Å². The summed E-state index contributed by atoms with van der Waals surface area (Å²) in [5, 5.41) is 13.5. The van der Waals surface area contributed by atoms with Crippen LogP contribution in [0, 0.1) is 5.92 Å². The highest BCUT2D eigenvalue weighted by atomic mass is 15.1. The topological polar surface area (TPSA) is 99.7 Å². The van der Waals surface area contributed by atoms with Crippen molar-refractivity contribution in [3.63, 3.8) is 0 Å². The van der Waals surface area contributed by atoms with Gasteiger partial charge in [-0.3, -0.25) is 0 Å². The van der Waals surface area contributed by atoms with Crippen LogP contribution in [-0.2, 0) is 19.6 Å². The molecule has 2 aromatic heterocycles. The number of nitrogens with one attached hydrogen (secondary N) is 4. The largest absolute Gasteiger partial charge is 0.366 e. The molecule has 51 heavy (non-hydrogen) atoms. The van der Waals surface area contributed by atoms with Crippen LogP contribution in [0.2, 0.25) is 0 Å². The summed E-state index contributed by atoms with van der Waals surface area (Å²) in [6, 6.07) is 45.7. The first-order chi connectivity index (χ1) is 25.1. The van der Waals surface area contributed by atoms with Crippen molar-refractivity contribution in [1.82, 2.24) is 19.9 Å². The van der Waals surface area contributed by atoms with Crippen LogP contribution in [0.25, 0.3) is 0 Å². The molecule has 1 saturated carbocycles. The molecule has 6 aromatic rings. The lowest BCUT2D eigenvalue weighted by molar-refractivity contribution is 0.340. The van der Waals surface area contributed by atoms with Crippen LogP contribution >= 0.6 is 0 Å². The summed E-state index contributed by atoms with van der Waals surface area (Å²) in [6.45, 7) is 7.48. The highest BCUT2D eigenvalue weighted by Gasteiger charge is 2.34. The van der Waals surface area contributed by atoms with Gasteiger partial charge < -0.3 is 21.3 Å². The maximum Gasteiger partial charge on any atom is 0.224 e. The van der Waals surface area contributed by atoms with E-state index in [0.717, 1.165) is 42.9 Å². The van der Waals surface area contributed by atoms with E-state index in [-0.39, 0.29) is 0 Å². The van der Waals surface area contributed by atoms with E-state index in [1.54, 1.807) is 6.20 Å². The van der Waals surface area contributed by atoms with Crippen molar-refractivity contribution >= 4 is 23.5 Å². The summed E-state index contributed by atoms with van der Waals surface area (Å²) in [5.41, 5.74) is 6.23. The summed E-state index contributed by atoms with van der Waals surface area (Å²) in [4.78, 5) is 18.3. The van der Waals surface area contributed by atoms with Gasteiger partial charge in [0.15, 0.2) is 0 Å². The van der Waals surface area contributed by atoms with E-state index in [2.05, 4.69) is 130 Å². The van der Waals surface area contributed by atoms with Crippen molar-refractivity contribution in [3.05, 3.63) is 168 Å². The molecule has 4 N–H and O–H groups in total. The van der Waals surface area contributed by atoms with Gasteiger partial charge in [0.05, 0.1) is 5.69 Å². The summed E-state index contributed by atoms with van der Waals surface area (Å²) < 4.78 is 0. The second-order valence-electron chi connectivity index (χ2n) is 13.3. The van der Waals surface area contributed by atoms with Crippen LogP contribution in [0.3, 0.4) is 0 Å². The molecule has 8 nitrogen and oxygen atoms in total. The summed E-state index contributed by atoms with van der Waals surface area (Å²) in [6.07, 6.45) is 4.16. The number of aromatic nitrogens is 4. The fourth-order valence-corrected chi connectivity index (χ4v) is 5.97. The smallest absolute Gasteiger partial charge is 0.224 e. The first kappa shape index (κ1) is 35.1. The second-order valence-corrected chi connectivity index (χ2v) is 13.3. The lowest BCUT2D eigenvalue weighted by Gasteiger charge is -2.37. The van der Waals surface area contributed by atoms with E-state index >= 15 is 0 Å². The highest BCUT2D eigenvalue weighted by molar-refractivity contribution is 5.46. The van der Waals surface area contributed by atoms with Crippen molar-refractivity contribution in [2.45, 2.75) is 58.2 Å². The molecular formula is C43H48N8. The molecule has 1 aliphatic rings. The second kappa shape index (κ2) is 18.3. The quantitative estimate of drug-likeness (QED) is 0.0906. The van der Waals surface area contributed by atoms with Gasteiger partial charge in [-0.05, 0) is 53.0 Å². The Morgan fingerprint density at radius 1 is 0.529 bits per heavy atom. The molecule has 4 aromatic carbocycles. The lowest BCUT2D eigenvalue weighted by atomic mass is 9.68. The minimum absolute atomic E-state index is 0.456. The Balaban J connectivity index is 0.000000183. The van der Waals surface area contributed by atoms with Crippen LogP contribution in [0.4, 0.5) is 23.5 Å². The van der Waals surface area contributed by atoms with Gasteiger partial charge >= 0.3 is 0 Å². The normalized spacial score (nSPS) is 14.8. The van der Waals surface area contributed by atoms with E-state index in [0.29, 0.717) is 30.2 Å². The zero-order chi connectivity index (χ0) is 35.1. The zero-order valence-corrected chi connectivity index (χ0v) is 29.5. The Kier molecular flexibility index (Phi) is 12.6. The molecule has 1 fully saturated rings. The maximum atomic E-state index is 4.90. The minimum atomic E-state index is 0.456. The number of benzene rings is 4. The Hall–Kier alpha value is -5.76. The molecule has 1 unspecified atom stereocenters. The van der Waals surface area contributed by atoms with E-state index < -0.39 is 0 Å². The van der Waals surface area contributed by atoms with Crippen LogP contribution in [0.15, 0.2) is 140 Å². The maximum absolute atomic E-state index is 4.90. The Labute approximate surface area is 302 Å². The lowest BCUT2D eigenvalue weighted by Crippen LogP contribution is -2.24. The molecule has 1 aliphatic carbocycles. The van der Waals surface area contributed by atoms with Crippen molar-refractivity contribution < 1.29 is 0 Å². The minimum Gasteiger partial charge on any atom is -0.366 e. The number of anilines is 4. The summed E-state index contributed by atoms with van der Waals surface area (Å²) >= 11 is 0. The third-order valence-corrected chi connectivity index (χ3v) is 8.88. The van der Waals surface area contributed by atoms with Gasteiger partial charge in [-0.25, -0.2) is 9.97 Å². The fourth-order valence-electron chi connectivity index (χ4n) is 5.97. The van der Waals surface area contributed by atoms with Crippen LogP contribution in [-0.4, -0.2) is 26.5 Å². The average molecular weight is 677 g/mol. The van der Waals surface area contributed by atoms with Crippen LogP contribution < -0.4 is 21.3 Å². The first-order valence-corrected chi connectivity index (χ1v) is 17.9. The van der Waals surface area contributed by atoms with Crippen molar-refractivity contribution in [1.29, 1.82) is 0 Å². The molecular weight excluding hydrogens is 629 g/mol. The Morgan fingerprint density at radius 2 is 1.04 bits per heavy atom. The molecule has 0 bridgehead atoms. The molecule has 0 amide bonds. The molecule has 0 radical (unpaired) electrons. The third kappa shape index (κ3) is 10.9. The number of hydrogen-bond acceptors (Lipinski definition) is 8. The standard InChI is InChI=1S/C25H30N4.C18H18N4/c1-18(2)16-27-25-28-23(22-14-13-21(22)20-11-7-4-8-12-20)15-24(29-25)26-17-19-9-5-3-6-10-19;1-3-7-15(8-4-1)13-20-17-11-12-19-18(22-17)21-14-16-9-5-2-6-10-16/h3-12,15,18,21-22H,13-14,16-17H2,1-2H3,(H2,26,27,28,29);1-12H,13-14H2,(H2,19,20,21,22)/t21?,22-;/m0./s1. The number of rotatable bonds is 14. The van der Waals surface area contributed by atoms with Gasteiger partial charge in [0.25, 0.3) is 0 Å². The molecule has 0 spiro atoms. The van der Waals surface area contributed by atoms with Gasteiger partial charge in [0.2, 0.25) is 11.9 Å². The molecule has 2 heterocycles. The Morgan fingerprint density at radius 3 is 1.59 bits per heavy atom. The SMILES string of the molecule is CC(C)CNc1nc(NCc2ccccc2)cc([C@H]2CCC2c2ccccc2)n1.c1ccc(CNc2ccnc(NCc3ccccc3)n2)cc1. The zero-order valence-electron chi connectivity index (χ0n) is 29.5. The van der Waals surface area contributed by atoms with Gasteiger partial charge in [0.1, 0.15) is 11.6 Å². The van der Waals surface area contributed by atoms with E-state index in [9.17, 15) is 0 Å². The molecule has 2 atom stereocenters.